The summed E-state index contributed by atoms with van der Waals surface area (Å²) in [5, 5.41) is 0.692. The number of benzene rings is 1. The average molecular weight is 402 g/mol. The molecular weight excluding hydrogens is 378 g/mol. The molecular formula is C21H24ClN3OS. The first-order valence-corrected chi connectivity index (χ1v) is 10.7. The minimum absolute atomic E-state index is 0.229. The molecule has 1 aromatic carbocycles. The van der Waals surface area contributed by atoms with Crippen molar-refractivity contribution < 1.29 is 4.74 Å². The maximum Gasteiger partial charge on any atom is 0.250 e. The van der Waals surface area contributed by atoms with Gasteiger partial charge in [-0.3, -0.25) is 0 Å². The van der Waals surface area contributed by atoms with Crippen LogP contribution in [0.25, 0.3) is 0 Å². The van der Waals surface area contributed by atoms with Crippen molar-refractivity contribution in [1.82, 2.24) is 13.6 Å². The molecule has 6 heteroatoms. The van der Waals surface area contributed by atoms with E-state index < -0.39 is 0 Å². The van der Waals surface area contributed by atoms with Crippen molar-refractivity contribution in [2.45, 2.75) is 38.7 Å². The predicted molar refractivity (Wildman–Crippen MR) is 109 cm³/mol. The van der Waals surface area contributed by atoms with Crippen molar-refractivity contribution >= 4 is 23.3 Å². The SMILES string of the molecule is CC(C)C(C#Cc1cccc(Cl)c1)Oc1nsnc1C1CN2CCC1CC2. The molecule has 1 aromatic heterocycles. The first-order chi connectivity index (χ1) is 13.1. The van der Waals surface area contributed by atoms with Crippen LogP contribution in [0.1, 0.15) is 43.9 Å². The van der Waals surface area contributed by atoms with Crippen LogP contribution in [-0.2, 0) is 0 Å². The standard InChI is InChI=1S/C21H24ClN3OS/c1-14(2)19(7-6-15-4-3-5-17(22)12-15)26-21-20(23-27-24-21)18-13-25-10-8-16(18)9-11-25/h3-5,12,14,16,18-19H,8-11,13H2,1-2H3. The number of halogens is 1. The van der Waals surface area contributed by atoms with Gasteiger partial charge >= 0.3 is 0 Å². The van der Waals surface area contributed by atoms with Gasteiger partial charge in [0.25, 0.3) is 5.88 Å². The average Bonchev–Trinajstić information content (AvgIpc) is 3.14. The van der Waals surface area contributed by atoms with Crippen molar-refractivity contribution in [3.8, 4) is 17.7 Å². The molecule has 2 atom stereocenters. The lowest BCUT2D eigenvalue weighted by molar-refractivity contribution is 0.0829. The molecule has 2 aromatic rings. The fourth-order valence-corrected chi connectivity index (χ4v) is 4.69. The summed E-state index contributed by atoms with van der Waals surface area (Å²) in [4.78, 5) is 2.53. The number of nitrogens with zero attached hydrogens (tertiary/aromatic N) is 3. The molecule has 0 aliphatic carbocycles. The van der Waals surface area contributed by atoms with E-state index in [0.717, 1.165) is 17.8 Å². The van der Waals surface area contributed by atoms with E-state index in [4.69, 9.17) is 16.3 Å². The summed E-state index contributed by atoms with van der Waals surface area (Å²) in [6.07, 6.45) is 2.28. The third kappa shape index (κ3) is 4.29. The van der Waals surface area contributed by atoms with Gasteiger partial charge in [-0.15, -0.1) is 4.37 Å². The molecule has 0 saturated carbocycles. The predicted octanol–water partition coefficient (Wildman–Crippen LogP) is 4.46. The zero-order valence-electron chi connectivity index (χ0n) is 15.7. The molecule has 2 unspecified atom stereocenters. The van der Waals surface area contributed by atoms with Crippen LogP contribution in [0.3, 0.4) is 0 Å². The first-order valence-electron chi connectivity index (χ1n) is 9.58. The Morgan fingerprint density at radius 2 is 2.07 bits per heavy atom. The molecule has 2 bridgehead atoms. The van der Waals surface area contributed by atoms with Gasteiger partial charge in [0.1, 0.15) is 5.69 Å². The van der Waals surface area contributed by atoms with E-state index in [1.54, 1.807) is 0 Å². The number of rotatable bonds is 4. The van der Waals surface area contributed by atoms with E-state index in [1.807, 2.05) is 24.3 Å². The fraction of sp³-hybridized carbons (Fsp3) is 0.524. The normalized spacial score (nSPS) is 25.1. The van der Waals surface area contributed by atoms with Crippen LogP contribution >= 0.6 is 23.3 Å². The Labute approximate surface area is 170 Å². The van der Waals surface area contributed by atoms with Gasteiger partial charge in [-0.25, -0.2) is 0 Å². The minimum atomic E-state index is -0.229. The van der Waals surface area contributed by atoms with Crippen LogP contribution in [0.4, 0.5) is 0 Å². The molecule has 0 amide bonds. The summed E-state index contributed by atoms with van der Waals surface area (Å²) < 4.78 is 15.4. The second-order valence-electron chi connectivity index (χ2n) is 7.76. The Hall–Kier alpha value is -1.61. The monoisotopic (exact) mass is 401 g/mol. The van der Waals surface area contributed by atoms with Gasteiger partial charge in [0.2, 0.25) is 0 Å². The topological polar surface area (TPSA) is 38.3 Å². The van der Waals surface area contributed by atoms with E-state index >= 15 is 0 Å². The summed E-state index contributed by atoms with van der Waals surface area (Å²) in [6.45, 7) is 7.74. The van der Waals surface area contributed by atoms with Gasteiger partial charge in [-0.2, -0.15) is 4.37 Å². The van der Waals surface area contributed by atoms with Crippen LogP contribution in [0, 0.1) is 23.7 Å². The smallest absolute Gasteiger partial charge is 0.250 e. The van der Waals surface area contributed by atoms with Crippen molar-refractivity contribution in [3.05, 3.63) is 40.5 Å². The van der Waals surface area contributed by atoms with Crippen LogP contribution in [0.15, 0.2) is 24.3 Å². The van der Waals surface area contributed by atoms with E-state index in [-0.39, 0.29) is 12.0 Å². The van der Waals surface area contributed by atoms with Crippen LogP contribution in [-0.4, -0.2) is 39.4 Å². The van der Waals surface area contributed by atoms with E-state index in [1.165, 1.54) is 37.7 Å². The van der Waals surface area contributed by atoms with Crippen molar-refractivity contribution in [2.24, 2.45) is 11.8 Å². The third-order valence-corrected chi connectivity index (χ3v) is 6.28. The number of aromatic nitrogens is 2. The Morgan fingerprint density at radius 1 is 1.26 bits per heavy atom. The lowest BCUT2D eigenvalue weighted by atomic mass is 9.77. The molecule has 3 aliphatic heterocycles. The number of ether oxygens (including phenoxy) is 1. The fourth-order valence-electron chi connectivity index (χ4n) is 3.94. The number of fused-ring (bicyclic) bond motifs is 3. The Bertz CT molecular complexity index is 848. The molecule has 3 aliphatic rings. The lowest BCUT2D eigenvalue weighted by Gasteiger charge is -2.44. The first kappa shape index (κ1) is 18.7. The zero-order valence-corrected chi connectivity index (χ0v) is 17.3. The second kappa shape index (κ2) is 8.18. The highest BCUT2D eigenvalue weighted by molar-refractivity contribution is 6.99. The van der Waals surface area contributed by atoms with E-state index in [0.29, 0.717) is 22.7 Å². The number of piperidine rings is 3. The van der Waals surface area contributed by atoms with Crippen LogP contribution in [0.2, 0.25) is 5.02 Å². The van der Waals surface area contributed by atoms with Gasteiger partial charge in [-0.1, -0.05) is 43.4 Å². The van der Waals surface area contributed by atoms with Gasteiger partial charge in [-0.05, 0) is 50.0 Å². The number of hydrogen-bond acceptors (Lipinski definition) is 5. The highest BCUT2D eigenvalue weighted by Gasteiger charge is 2.38. The molecule has 3 saturated heterocycles. The maximum atomic E-state index is 6.27. The highest BCUT2D eigenvalue weighted by Crippen LogP contribution is 2.41. The molecule has 5 rings (SSSR count). The van der Waals surface area contributed by atoms with Gasteiger partial charge < -0.3 is 9.64 Å². The van der Waals surface area contributed by atoms with Crippen LogP contribution in [0.5, 0.6) is 5.88 Å². The Morgan fingerprint density at radius 3 is 2.74 bits per heavy atom. The van der Waals surface area contributed by atoms with Gasteiger partial charge in [0.05, 0.1) is 11.7 Å². The zero-order chi connectivity index (χ0) is 18.8. The van der Waals surface area contributed by atoms with Gasteiger partial charge in [0, 0.05) is 29.0 Å². The molecule has 27 heavy (non-hydrogen) atoms. The summed E-state index contributed by atoms with van der Waals surface area (Å²) in [7, 11) is 0. The van der Waals surface area contributed by atoms with Crippen molar-refractivity contribution in [1.29, 1.82) is 0 Å². The summed E-state index contributed by atoms with van der Waals surface area (Å²) in [6, 6.07) is 7.59. The third-order valence-electron chi connectivity index (χ3n) is 5.52. The molecule has 3 fully saturated rings. The summed E-state index contributed by atoms with van der Waals surface area (Å²) in [5.74, 6) is 8.52. The molecule has 0 radical (unpaired) electrons. The molecule has 4 heterocycles. The Balaban J connectivity index is 1.53. The summed E-state index contributed by atoms with van der Waals surface area (Å²) >= 11 is 7.30. The van der Waals surface area contributed by atoms with Gasteiger partial charge in [0.15, 0.2) is 6.10 Å². The second-order valence-corrected chi connectivity index (χ2v) is 8.73. The summed E-state index contributed by atoms with van der Waals surface area (Å²) in [5.41, 5.74) is 1.93. The number of hydrogen-bond donors (Lipinski definition) is 0. The highest BCUT2D eigenvalue weighted by atomic mass is 35.5. The van der Waals surface area contributed by atoms with Crippen molar-refractivity contribution in [2.75, 3.05) is 19.6 Å². The maximum absolute atomic E-state index is 6.27. The minimum Gasteiger partial charge on any atom is -0.459 e. The lowest BCUT2D eigenvalue weighted by Crippen LogP contribution is -2.46. The largest absolute Gasteiger partial charge is 0.459 e. The quantitative estimate of drug-likeness (QED) is 0.709. The molecule has 0 N–H and O–H groups in total. The molecule has 142 valence electrons. The molecule has 4 nitrogen and oxygen atoms in total. The van der Waals surface area contributed by atoms with Crippen molar-refractivity contribution in [3.63, 3.8) is 0 Å². The van der Waals surface area contributed by atoms with E-state index in [2.05, 4.69) is 39.3 Å². The van der Waals surface area contributed by atoms with E-state index in [9.17, 15) is 0 Å². The Kier molecular flexibility index (Phi) is 5.68. The van der Waals surface area contributed by atoms with Crippen LogP contribution < -0.4 is 4.74 Å². The molecule has 0 spiro atoms.